The van der Waals surface area contributed by atoms with Gasteiger partial charge in [-0.15, -0.1) is 0 Å². The average Bonchev–Trinajstić information content (AvgIpc) is 2.87. The van der Waals surface area contributed by atoms with Crippen molar-refractivity contribution < 1.29 is 14.4 Å². The Labute approximate surface area is 197 Å². The Balaban J connectivity index is 1.49. The molecule has 7 heteroatoms. The number of hydrogen-bond donors (Lipinski definition) is 3. The van der Waals surface area contributed by atoms with E-state index in [4.69, 9.17) is 0 Å². The van der Waals surface area contributed by atoms with Gasteiger partial charge in [-0.05, 0) is 38.1 Å². The smallest absolute Gasteiger partial charge is 0.270 e. The molecule has 3 amide bonds. The van der Waals surface area contributed by atoms with Crippen LogP contribution < -0.4 is 16.2 Å². The number of amides is 3. The fourth-order valence-electron chi connectivity index (χ4n) is 3.46. The van der Waals surface area contributed by atoms with Crippen molar-refractivity contribution >= 4 is 28.6 Å². The van der Waals surface area contributed by atoms with Crippen LogP contribution in [0.5, 0.6) is 0 Å². The summed E-state index contributed by atoms with van der Waals surface area (Å²) in [6, 6.07) is 24.6. The second-order valence-electron chi connectivity index (χ2n) is 7.94. The number of carbonyl (C=O) groups excluding carboxylic acids is 3. The van der Waals surface area contributed by atoms with Gasteiger partial charge in [0.05, 0.1) is 16.8 Å². The number of rotatable bonds is 5. The number of benzene rings is 3. The molecule has 1 aromatic heterocycles. The van der Waals surface area contributed by atoms with E-state index in [0.29, 0.717) is 27.7 Å². The van der Waals surface area contributed by atoms with Crippen LogP contribution >= 0.6 is 0 Å². The normalized spacial score (nSPS) is 11.5. The van der Waals surface area contributed by atoms with Crippen molar-refractivity contribution in [1.82, 2.24) is 21.2 Å². The first-order valence-corrected chi connectivity index (χ1v) is 10.9. The lowest BCUT2D eigenvalue weighted by molar-refractivity contribution is -0.123. The van der Waals surface area contributed by atoms with Gasteiger partial charge in [0.15, 0.2) is 0 Å². The van der Waals surface area contributed by atoms with Gasteiger partial charge in [-0.1, -0.05) is 66.2 Å². The summed E-state index contributed by atoms with van der Waals surface area (Å²) < 4.78 is 0. The lowest BCUT2D eigenvalue weighted by Gasteiger charge is -2.15. The van der Waals surface area contributed by atoms with Crippen LogP contribution in [0.3, 0.4) is 0 Å². The van der Waals surface area contributed by atoms with Gasteiger partial charge in [-0.3, -0.25) is 25.2 Å². The molecule has 0 aliphatic carbocycles. The Kier molecular flexibility index (Phi) is 6.64. The van der Waals surface area contributed by atoms with Gasteiger partial charge in [-0.2, -0.15) is 0 Å². The number of pyridine rings is 1. The predicted molar refractivity (Wildman–Crippen MR) is 131 cm³/mol. The zero-order valence-electron chi connectivity index (χ0n) is 18.8. The van der Waals surface area contributed by atoms with E-state index in [1.54, 1.807) is 49.4 Å². The molecule has 0 radical (unpaired) electrons. The average molecular weight is 453 g/mol. The molecule has 4 rings (SSSR count). The van der Waals surface area contributed by atoms with E-state index < -0.39 is 17.9 Å². The molecule has 0 spiro atoms. The molecule has 170 valence electrons. The van der Waals surface area contributed by atoms with Crippen LogP contribution in [0.2, 0.25) is 0 Å². The molecule has 0 aliphatic rings. The number of para-hydroxylation sites is 1. The Morgan fingerprint density at radius 2 is 1.47 bits per heavy atom. The monoisotopic (exact) mass is 452 g/mol. The summed E-state index contributed by atoms with van der Waals surface area (Å²) in [5.41, 5.74) is 8.99. The largest absolute Gasteiger partial charge is 0.340 e. The van der Waals surface area contributed by atoms with Crippen molar-refractivity contribution in [2.24, 2.45) is 0 Å². The van der Waals surface area contributed by atoms with Crippen molar-refractivity contribution in [3.63, 3.8) is 0 Å². The standard InChI is InChI=1S/C27H24N4O3/c1-17-12-14-19(15-13-17)24-16-22(21-10-6-7-11-23(21)29-24)27(34)31-30-25(32)18(2)28-26(33)20-8-4-3-5-9-20/h3-16,18H,1-2H3,(H,28,33)(H,30,32)(H,31,34)/t18-/m0/s1. The topological polar surface area (TPSA) is 100 Å². The van der Waals surface area contributed by atoms with Crippen molar-refractivity contribution in [1.29, 1.82) is 0 Å². The summed E-state index contributed by atoms with van der Waals surface area (Å²) in [6.45, 7) is 3.54. The summed E-state index contributed by atoms with van der Waals surface area (Å²) in [6.07, 6.45) is 0. The Morgan fingerprint density at radius 3 is 2.21 bits per heavy atom. The van der Waals surface area contributed by atoms with E-state index >= 15 is 0 Å². The molecule has 34 heavy (non-hydrogen) atoms. The Bertz CT molecular complexity index is 1350. The molecule has 7 nitrogen and oxygen atoms in total. The van der Waals surface area contributed by atoms with E-state index in [2.05, 4.69) is 21.2 Å². The van der Waals surface area contributed by atoms with Gasteiger partial charge in [0.2, 0.25) is 0 Å². The summed E-state index contributed by atoms with van der Waals surface area (Å²) in [4.78, 5) is 42.5. The second-order valence-corrected chi connectivity index (χ2v) is 7.94. The van der Waals surface area contributed by atoms with Gasteiger partial charge < -0.3 is 5.32 Å². The Hall–Kier alpha value is -4.52. The molecule has 0 bridgehead atoms. The first-order chi connectivity index (χ1) is 16.4. The van der Waals surface area contributed by atoms with Crippen LogP contribution in [0.15, 0.2) is 84.9 Å². The fourth-order valence-corrected chi connectivity index (χ4v) is 3.46. The number of nitrogens with zero attached hydrogens (tertiary/aromatic N) is 1. The number of carbonyl (C=O) groups is 3. The summed E-state index contributed by atoms with van der Waals surface area (Å²) in [5, 5.41) is 3.27. The maximum atomic E-state index is 13.0. The minimum absolute atomic E-state index is 0.377. The molecule has 3 aromatic carbocycles. The molecule has 3 N–H and O–H groups in total. The van der Waals surface area contributed by atoms with Crippen LogP contribution in [-0.2, 0) is 4.79 Å². The van der Waals surface area contributed by atoms with Crippen LogP contribution in [0.1, 0.15) is 33.2 Å². The number of hydrogen-bond acceptors (Lipinski definition) is 4. The molecular weight excluding hydrogens is 428 g/mol. The molecule has 0 saturated heterocycles. The zero-order valence-corrected chi connectivity index (χ0v) is 18.8. The van der Waals surface area contributed by atoms with Crippen LogP contribution in [0.25, 0.3) is 22.2 Å². The third-order valence-corrected chi connectivity index (χ3v) is 5.38. The van der Waals surface area contributed by atoms with Crippen LogP contribution in [-0.4, -0.2) is 28.7 Å². The van der Waals surface area contributed by atoms with Gasteiger partial charge in [0.1, 0.15) is 6.04 Å². The van der Waals surface area contributed by atoms with Crippen molar-refractivity contribution in [3.8, 4) is 11.3 Å². The molecule has 1 atom stereocenters. The van der Waals surface area contributed by atoms with Crippen molar-refractivity contribution in [3.05, 3.63) is 102 Å². The predicted octanol–water partition coefficient (Wildman–Crippen LogP) is 3.79. The third-order valence-electron chi connectivity index (χ3n) is 5.38. The molecular formula is C27H24N4O3. The summed E-state index contributed by atoms with van der Waals surface area (Å²) in [5.74, 6) is -1.41. The third kappa shape index (κ3) is 5.10. The van der Waals surface area contributed by atoms with Gasteiger partial charge >= 0.3 is 0 Å². The number of aromatic nitrogens is 1. The minimum Gasteiger partial charge on any atom is -0.340 e. The summed E-state index contributed by atoms with van der Waals surface area (Å²) in [7, 11) is 0. The number of fused-ring (bicyclic) bond motifs is 1. The number of hydrazine groups is 1. The van der Waals surface area contributed by atoms with Gasteiger partial charge in [-0.25, -0.2) is 4.98 Å². The minimum atomic E-state index is -0.856. The molecule has 0 fully saturated rings. The van der Waals surface area contributed by atoms with E-state index in [0.717, 1.165) is 11.1 Å². The highest BCUT2D eigenvalue weighted by Gasteiger charge is 2.19. The second kappa shape index (κ2) is 9.95. The first-order valence-electron chi connectivity index (χ1n) is 10.9. The van der Waals surface area contributed by atoms with Crippen LogP contribution in [0, 0.1) is 6.92 Å². The molecule has 0 unspecified atom stereocenters. The molecule has 4 aromatic rings. The lowest BCUT2D eigenvalue weighted by atomic mass is 10.0. The van der Waals surface area contributed by atoms with E-state index in [9.17, 15) is 14.4 Å². The van der Waals surface area contributed by atoms with E-state index in [1.807, 2.05) is 49.4 Å². The van der Waals surface area contributed by atoms with Crippen molar-refractivity contribution in [2.45, 2.75) is 19.9 Å². The zero-order chi connectivity index (χ0) is 24.1. The highest BCUT2D eigenvalue weighted by Crippen LogP contribution is 2.25. The molecule has 1 heterocycles. The maximum absolute atomic E-state index is 13.0. The lowest BCUT2D eigenvalue weighted by Crippen LogP contribution is -2.51. The highest BCUT2D eigenvalue weighted by molar-refractivity contribution is 6.07. The fraction of sp³-hybridized carbons (Fsp3) is 0.111. The summed E-state index contributed by atoms with van der Waals surface area (Å²) >= 11 is 0. The SMILES string of the molecule is Cc1ccc(-c2cc(C(=O)NNC(=O)[C@H](C)NC(=O)c3ccccc3)c3ccccc3n2)cc1. The number of nitrogens with one attached hydrogen (secondary N) is 3. The van der Waals surface area contributed by atoms with Gasteiger partial charge in [0, 0.05) is 16.5 Å². The van der Waals surface area contributed by atoms with E-state index in [-0.39, 0.29) is 5.91 Å². The number of aryl methyl sites for hydroxylation is 1. The Morgan fingerprint density at radius 1 is 0.794 bits per heavy atom. The van der Waals surface area contributed by atoms with Crippen LogP contribution in [0.4, 0.5) is 0 Å². The highest BCUT2D eigenvalue weighted by atomic mass is 16.2. The van der Waals surface area contributed by atoms with E-state index in [1.165, 1.54) is 0 Å². The molecule has 0 saturated carbocycles. The quantitative estimate of drug-likeness (QED) is 0.401. The molecule has 0 aliphatic heterocycles. The first kappa shape index (κ1) is 22.7. The van der Waals surface area contributed by atoms with Crippen molar-refractivity contribution in [2.75, 3.05) is 0 Å². The maximum Gasteiger partial charge on any atom is 0.270 e. The van der Waals surface area contributed by atoms with Gasteiger partial charge in [0.25, 0.3) is 17.7 Å².